The molecule has 0 aliphatic rings. The van der Waals surface area contributed by atoms with Gasteiger partial charge in [0.15, 0.2) is 0 Å². The predicted octanol–water partition coefficient (Wildman–Crippen LogP) is 0.454. The Morgan fingerprint density at radius 1 is 1.16 bits per heavy atom. The zero-order chi connectivity index (χ0) is 14.8. The Kier molecular flexibility index (Phi) is 8.32. The van der Waals surface area contributed by atoms with Gasteiger partial charge < -0.3 is 21.1 Å². The number of hydrogen-bond donors (Lipinski definition) is 4. The van der Waals surface area contributed by atoms with Gasteiger partial charge in [-0.1, -0.05) is 13.3 Å². The molecule has 1 unspecified atom stereocenters. The maximum absolute atomic E-state index is 11.5. The van der Waals surface area contributed by atoms with Crippen molar-refractivity contribution in [3.05, 3.63) is 0 Å². The summed E-state index contributed by atoms with van der Waals surface area (Å²) >= 11 is 0. The molecule has 0 aliphatic carbocycles. The molecular formula is C12H23N3O4. The van der Waals surface area contributed by atoms with E-state index >= 15 is 0 Å². The maximum atomic E-state index is 11.5. The molecule has 0 aromatic carbocycles. The molecule has 0 aliphatic heterocycles. The number of amides is 3. The van der Waals surface area contributed by atoms with Gasteiger partial charge in [-0.2, -0.15) is 0 Å². The Hall–Kier alpha value is -1.79. The van der Waals surface area contributed by atoms with E-state index < -0.39 is 18.0 Å². The first-order chi connectivity index (χ1) is 8.85. The van der Waals surface area contributed by atoms with Gasteiger partial charge in [-0.3, -0.25) is 9.59 Å². The number of hydrogen-bond acceptors (Lipinski definition) is 3. The molecule has 0 aromatic heterocycles. The summed E-state index contributed by atoms with van der Waals surface area (Å²) in [4.78, 5) is 33.4. The van der Waals surface area contributed by atoms with Crippen LogP contribution in [0.3, 0.4) is 0 Å². The molecule has 4 N–H and O–H groups in total. The van der Waals surface area contributed by atoms with E-state index in [1.165, 1.54) is 0 Å². The van der Waals surface area contributed by atoms with Crippen LogP contribution in [0.1, 0.15) is 40.0 Å². The Morgan fingerprint density at radius 2 is 1.79 bits per heavy atom. The minimum Gasteiger partial charge on any atom is -0.481 e. The van der Waals surface area contributed by atoms with Gasteiger partial charge in [0.1, 0.15) is 0 Å². The first-order valence-electron chi connectivity index (χ1n) is 6.40. The lowest BCUT2D eigenvalue weighted by molar-refractivity contribution is -0.137. The molecule has 7 nitrogen and oxygen atoms in total. The summed E-state index contributed by atoms with van der Waals surface area (Å²) in [5, 5.41) is 16.3. The van der Waals surface area contributed by atoms with Crippen molar-refractivity contribution in [2.75, 3.05) is 6.54 Å². The van der Waals surface area contributed by atoms with Crippen LogP contribution in [0.15, 0.2) is 0 Å². The van der Waals surface area contributed by atoms with Gasteiger partial charge in [-0.05, 0) is 20.3 Å². The topological polar surface area (TPSA) is 108 Å². The van der Waals surface area contributed by atoms with Gasteiger partial charge in [0.25, 0.3) is 0 Å². The minimum absolute atomic E-state index is 0.0113. The molecule has 19 heavy (non-hydrogen) atoms. The lowest BCUT2D eigenvalue weighted by Crippen LogP contribution is -2.47. The summed E-state index contributed by atoms with van der Waals surface area (Å²) in [6, 6.07) is -0.938. The molecule has 0 rings (SSSR count). The third kappa shape index (κ3) is 9.87. The van der Waals surface area contributed by atoms with Crippen molar-refractivity contribution in [1.82, 2.24) is 16.0 Å². The first-order valence-corrected chi connectivity index (χ1v) is 6.40. The fourth-order valence-electron chi connectivity index (χ4n) is 1.55. The van der Waals surface area contributed by atoms with E-state index in [0.717, 1.165) is 6.42 Å². The number of carbonyl (C=O) groups excluding carboxylic acids is 2. The summed E-state index contributed by atoms with van der Waals surface area (Å²) in [5.41, 5.74) is 0. The van der Waals surface area contributed by atoms with E-state index in [9.17, 15) is 14.4 Å². The average Bonchev–Trinajstić information content (AvgIpc) is 2.25. The second-order valence-electron chi connectivity index (χ2n) is 4.63. The van der Waals surface area contributed by atoms with Crippen LogP contribution in [0, 0.1) is 0 Å². The monoisotopic (exact) mass is 273 g/mol. The van der Waals surface area contributed by atoms with E-state index in [0.29, 0.717) is 6.42 Å². The van der Waals surface area contributed by atoms with Crippen molar-refractivity contribution in [1.29, 1.82) is 0 Å². The number of carboxylic acids is 1. The van der Waals surface area contributed by atoms with Crippen molar-refractivity contribution in [2.45, 2.75) is 52.1 Å². The largest absolute Gasteiger partial charge is 0.481 e. The first kappa shape index (κ1) is 17.2. The summed E-state index contributed by atoms with van der Waals surface area (Å²) < 4.78 is 0. The molecule has 0 saturated heterocycles. The van der Waals surface area contributed by atoms with Gasteiger partial charge in [0.05, 0.1) is 13.0 Å². The number of carbonyl (C=O) groups is 3. The van der Waals surface area contributed by atoms with Gasteiger partial charge >= 0.3 is 12.0 Å². The lowest BCUT2D eigenvalue weighted by Gasteiger charge is -2.16. The lowest BCUT2D eigenvalue weighted by atomic mass is 10.1. The highest BCUT2D eigenvalue weighted by Crippen LogP contribution is 2.01. The third-order valence-corrected chi connectivity index (χ3v) is 2.25. The van der Waals surface area contributed by atoms with Crippen LogP contribution in [0.2, 0.25) is 0 Å². The smallest absolute Gasteiger partial charge is 0.315 e. The second kappa shape index (κ2) is 9.18. The predicted molar refractivity (Wildman–Crippen MR) is 70.8 cm³/mol. The van der Waals surface area contributed by atoms with Gasteiger partial charge in [0, 0.05) is 12.1 Å². The molecule has 110 valence electrons. The quantitative estimate of drug-likeness (QED) is 0.515. The zero-order valence-corrected chi connectivity index (χ0v) is 11.7. The van der Waals surface area contributed by atoms with Crippen LogP contribution in [-0.2, 0) is 9.59 Å². The molecule has 0 bridgehead atoms. The summed E-state index contributed by atoms with van der Waals surface area (Å²) in [5.74, 6) is -1.24. The minimum atomic E-state index is -0.962. The fourth-order valence-corrected chi connectivity index (χ4v) is 1.55. The van der Waals surface area contributed by atoms with Gasteiger partial charge in [0.2, 0.25) is 5.91 Å². The summed E-state index contributed by atoms with van der Waals surface area (Å²) in [6.45, 7) is 5.42. The van der Waals surface area contributed by atoms with Crippen molar-refractivity contribution in [2.24, 2.45) is 0 Å². The van der Waals surface area contributed by atoms with E-state index in [-0.39, 0.29) is 24.9 Å². The number of nitrogens with one attached hydrogen (secondary N) is 3. The van der Waals surface area contributed by atoms with Crippen LogP contribution in [0.5, 0.6) is 0 Å². The highest BCUT2D eigenvalue weighted by atomic mass is 16.4. The number of urea groups is 1. The van der Waals surface area contributed by atoms with Crippen molar-refractivity contribution in [3.8, 4) is 0 Å². The van der Waals surface area contributed by atoms with Gasteiger partial charge in [-0.15, -0.1) is 0 Å². The zero-order valence-electron chi connectivity index (χ0n) is 11.7. The van der Waals surface area contributed by atoms with Crippen LogP contribution in [-0.4, -0.2) is 41.6 Å². The standard InChI is InChI=1S/C12H23N3O4/c1-4-5-9(6-11(17)18)15-12(19)13-7-10(16)14-8(2)3/h8-9H,4-7H2,1-3H3,(H,14,16)(H,17,18)(H2,13,15,19). The third-order valence-electron chi connectivity index (χ3n) is 2.25. The molecule has 0 fully saturated rings. The number of rotatable bonds is 8. The van der Waals surface area contributed by atoms with Crippen molar-refractivity contribution < 1.29 is 19.5 Å². The van der Waals surface area contributed by atoms with Crippen molar-refractivity contribution in [3.63, 3.8) is 0 Å². The van der Waals surface area contributed by atoms with Crippen LogP contribution in [0.4, 0.5) is 4.79 Å². The molecule has 7 heteroatoms. The summed E-state index contributed by atoms with van der Waals surface area (Å²) in [6.07, 6.45) is 1.23. The Balaban J connectivity index is 4.05. The van der Waals surface area contributed by atoms with E-state index in [2.05, 4.69) is 16.0 Å². The SMILES string of the molecule is CCCC(CC(=O)O)NC(=O)NCC(=O)NC(C)C. The second-order valence-corrected chi connectivity index (χ2v) is 4.63. The normalized spacial score (nSPS) is 11.8. The summed E-state index contributed by atoms with van der Waals surface area (Å²) in [7, 11) is 0. The Bertz CT molecular complexity index is 318. The molecule has 3 amide bonds. The average molecular weight is 273 g/mol. The van der Waals surface area contributed by atoms with Crippen LogP contribution < -0.4 is 16.0 Å². The Labute approximate surface area is 113 Å². The highest BCUT2D eigenvalue weighted by Gasteiger charge is 2.15. The number of aliphatic carboxylic acids is 1. The molecular weight excluding hydrogens is 250 g/mol. The molecule has 1 atom stereocenters. The van der Waals surface area contributed by atoms with Gasteiger partial charge in [-0.25, -0.2) is 4.79 Å². The fraction of sp³-hybridized carbons (Fsp3) is 0.750. The molecule has 0 aromatic rings. The van der Waals surface area contributed by atoms with Crippen molar-refractivity contribution >= 4 is 17.9 Å². The maximum Gasteiger partial charge on any atom is 0.315 e. The Morgan fingerprint density at radius 3 is 2.26 bits per heavy atom. The molecule has 0 saturated carbocycles. The van der Waals surface area contributed by atoms with E-state index in [1.54, 1.807) is 0 Å². The van der Waals surface area contributed by atoms with Crippen LogP contribution in [0.25, 0.3) is 0 Å². The highest BCUT2D eigenvalue weighted by molar-refractivity contribution is 5.84. The number of carboxylic acid groups (broad SMARTS) is 1. The van der Waals surface area contributed by atoms with E-state index in [1.807, 2.05) is 20.8 Å². The molecule has 0 spiro atoms. The molecule has 0 heterocycles. The van der Waals surface area contributed by atoms with Crippen LogP contribution >= 0.6 is 0 Å². The molecule has 0 radical (unpaired) electrons. The van der Waals surface area contributed by atoms with E-state index in [4.69, 9.17) is 5.11 Å².